The van der Waals surface area contributed by atoms with E-state index in [1.807, 2.05) is 37.6 Å². The molecule has 0 bridgehead atoms. The third-order valence-corrected chi connectivity index (χ3v) is 4.21. The Balaban J connectivity index is 1.63. The standard InChI is InChI=1S/C20H17N5O2/c1-25-12-17(11-23-25)13-3-4-15-10-22-18(8-16(15)7-13)24-20(26)14-5-6-21-19(9-14)27-2/h3-12H,1-2H3,(H,22,24,26). The van der Waals surface area contributed by atoms with E-state index in [9.17, 15) is 4.79 Å². The first-order valence-corrected chi connectivity index (χ1v) is 8.32. The van der Waals surface area contributed by atoms with Crippen molar-refractivity contribution in [1.29, 1.82) is 0 Å². The second kappa shape index (κ2) is 6.87. The molecule has 3 heterocycles. The number of carbonyl (C=O) groups excluding carboxylic acids is 1. The summed E-state index contributed by atoms with van der Waals surface area (Å²) in [4.78, 5) is 20.8. The van der Waals surface area contributed by atoms with Crippen LogP contribution in [0.1, 0.15) is 10.4 Å². The molecule has 1 aromatic carbocycles. The predicted molar refractivity (Wildman–Crippen MR) is 103 cm³/mol. The fraction of sp³-hybridized carbons (Fsp3) is 0.100. The fourth-order valence-corrected chi connectivity index (χ4v) is 2.81. The highest BCUT2D eigenvalue weighted by Gasteiger charge is 2.10. The van der Waals surface area contributed by atoms with E-state index in [1.165, 1.54) is 13.3 Å². The number of aryl methyl sites for hydroxylation is 1. The minimum atomic E-state index is -0.272. The molecule has 4 rings (SSSR count). The van der Waals surface area contributed by atoms with Crippen LogP contribution in [-0.2, 0) is 7.05 Å². The number of rotatable bonds is 4. The van der Waals surface area contributed by atoms with Crippen molar-refractivity contribution in [3.05, 3.63) is 66.7 Å². The van der Waals surface area contributed by atoms with E-state index in [2.05, 4.69) is 26.4 Å². The molecule has 4 aromatic rings. The predicted octanol–water partition coefficient (Wildman–Crippen LogP) is 3.29. The number of anilines is 1. The topological polar surface area (TPSA) is 81.9 Å². The van der Waals surface area contributed by atoms with E-state index in [0.29, 0.717) is 17.3 Å². The number of hydrogen-bond acceptors (Lipinski definition) is 5. The van der Waals surface area contributed by atoms with E-state index in [-0.39, 0.29) is 5.91 Å². The molecule has 7 heteroatoms. The van der Waals surface area contributed by atoms with Gasteiger partial charge in [-0.1, -0.05) is 12.1 Å². The first-order chi connectivity index (χ1) is 13.1. The third-order valence-electron chi connectivity index (χ3n) is 4.21. The monoisotopic (exact) mass is 359 g/mol. The maximum atomic E-state index is 12.5. The number of pyridine rings is 2. The molecule has 0 spiro atoms. The Morgan fingerprint density at radius 2 is 1.93 bits per heavy atom. The van der Waals surface area contributed by atoms with Crippen molar-refractivity contribution in [3.8, 4) is 17.0 Å². The quantitative estimate of drug-likeness (QED) is 0.605. The molecule has 0 aliphatic heterocycles. The number of ether oxygens (including phenoxy) is 1. The van der Waals surface area contributed by atoms with Gasteiger partial charge in [-0.3, -0.25) is 9.48 Å². The highest BCUT2D eigenvalue weighted by Crippen LogP contribution is 2.25. The molecule has 1 amide bonds. The Morgan fingerprint density at radius 1 is 1.04 bits per heavy atom. The molecule has 0 saturated heterocycles. The van der Waals surface area contributed by atoms with E-state index in [1.54, 1.807) is 23.0 Å². The number of methoxy groups -OCH3 is 1. The minimum Gasteiger partial charge on any atom is -0.481 e. The van der Waals surface area contributed by atoms with Gasteiger partial charge in [0.05, 0.1) is 13.3 Å². The maximum absolute atomic E-state index is 12.5. The lowest BCUT2D eigenvalue weighted by molar-refractivity contribution is 0.102. The summed E-state index contributed by atoms with van der Waals surface area (Å²) in [5.74, 6) is 0.591. The van der Waals surface area contributed by atoms with Gasteiger partial charge in [0.15, 0.2) is 0 Å². The Kier molecular flexibility index (Phi) is 4.25. The summed E-state index contributed by atoms with van der Waals surface area (Å²) in [6.07, 6.45) is 7.05. The van der Waals surface area contributed by atoms with Crippen LogP contribution in [0.25, 0.3) is 21.9 Å². The molecule has 27 heavy (non-hydrogen) atoms. The minimum absolute atomic E-state index is 0.272. The smallest absolute Gasteiger partial charge is 0.257 e. The molecule has 0 unspecified atom stereocenters. The van der Waals surface area contributed by atoms with E-state index in [0.717, 1.165) is 21.9 Å². The fourth-order valence-electron chi connectivity index (χ4n) is 2.81. The Hall–Kier alpha value is -3.74. The molecule has 1 N–H and O–H groups in total. The highest BCUT2D eigenvalue weighted by molar-refractivity contribution is 6.04. The zero-order valence-electron chi connectivity index (χ0n) is 14.9. The van der Waals surface area contributed by atoms with Crippen molar-refractivity contribution in [3.63, 3.8) is 0 Å². The lowest BCUT2D eigenvalue weighted by atomic mass is 10.1. The van der Waals surface area contributed by atoms with Crippen LogP contribution in [0.4, 0.5) is 5.82 Å². The maximum Gasteiger partial charge on any atom is 0.257 e. The van der Waals surface area contributed by atoms with Crippen molar-refractivity contribution in [2.45, 2.75) is 0 Å². The van der Waals surface area contributed by atoms with E-state index in [4.69, 9.17) is 4.74 Å². The summed E-state index contributed by atoms with van der Waals surface area (Å²) in [7, 11) is 3.39. The largest absolute Gasteiger partial charge is 0.481 e. The van der Waals surface area contributed by atoms with Crippen LogP contribution in [0, 0.1) is 0 Å². The Morgan fingerprint density at radius 3 is 2.70 bits per heavy atom. The normalized spacial score (nSPS) is 10.7. The van der Waals surface area contributed by atoms with Gasteiger partial charge in [0, 0.05) is 48.2 Å². The molecule has 7 nitrogen and oxygen atoms in total. The van der Waals surface area contributed by atoms with E-state index >= 15 is 0 Å². The lowest BCUT2D eigenvalue weighted by Gasteiger charge is -2.07. The number of fused-ring (bicyclic) bond motifs is 1. The van der Waals surface area contributed by atoms with Crippen LogP contribution in [0.3, 0.4) is 0 Å². The molecule has 134 valence electrons. The molecule has 0 atom stereocenters. The molecular weight excluding hydrogens is 342 g/mol. The van der Waals surface area contributed by atoms with Gasteiger partial charge in [0.25, 0.3) is 5.91 Å². The number of amides is 1. The van der Waals surface area contributed by atoms with Crippen LogP contribution < -0.4 is 10.1 Å². The SMILES string of the molecule is COc1cc(C(=O)Nc2cc3cc(-c4cnn(C)c4)ccc3cn2)ccn1. The van der Waals surface area contributed by atoms with Gasteiger partial charge < -0.3 is 10.1 Å². The van der Waals surface area contributed by atoms with Gasteiger partial charge in [-0.25, -0.2) is 9.97 Å². The zero-order chi connectivity index (χ0) is 18.8. The van der Waals surface area contributed by atoms with Crippen molar-refractivity contribution in [2.24, 2.45) is 7.05 Å². The molecule has 3 aromatic heterocycles. The summed E-state index contributed by atoms with van der Waals surface area (Å²) >= 11 is 0. The van der Waals surface area contributed by atoms with Crippen LogP contribution in [0.5, 0.6) is 5.88 Å². The number of benzene rings is 1. The van der Waals surface area contributed by atoms with Crippen LogP contribution in [0.2, 0.25) is 0 Å². The second-order valence-corrected chi connectivity index (χ2v) is 6.08. The Bertz CT molecular complexity index is 1140. The molecule has 0 fully saturated rings. The summed E-state index contributed by atoms with van der Waals surface area (Å²) in [5.41, 5.74) is 2.54. The first kappa shape index (κ1) is 16.7. The average Bonchev–Trinajstić information content (AvgIpc) is 3.14. The molecular formula is C20H17N5O2. The summed E-state index contributed by atoms with van der Waals surface area (Å²) in [5, 5.41) is 9.00. The van der Waals surface area contributed by atoms with Crippen molar-refractivity contribution >= 4 is 22.5 Å². The number of nitrogens with zero attached hydrogens (tertiary/aromatic N) is 4. The van der Waals surface area contributed by atoms with E-state index < -0.39 is 0 Å². The first-order valence-electron chi connectivity index (χ1n) is 8.32. The van der Waals surface area contributed by atoms with Gasteiger partial charge in [0.1, 0.15) is 5.82 Å². The van der Waals surface area contributed by atoms with Crippen molar-refractivity contribution < 1.29 is 9.53 Å². The zero-order valence-corrected chi connectivity index (χ0v) is 14.9. The van der Waals surface area contributed by atoms with Gasteiger partial charge in [-0.2, -0.15) is 5.10 Å². The third kappa shape index (κ3) is 3.48. The van der Waals surface area contributed by atoms with Crippen LogP contribution in [0.15, 0.2) is 61.2 Å². The average molecular weight is 359 g/mol. The molecule has 0 aliphatic rings. The van der Waals surface area contributed by atoms with Gasteiger partial charge in [-0.05, 0) is 29.1 Å². The van der Waals surface area contributed by atoms with Crippen LogP contribution in [-0.4, -0.2) is 32.8 Å². The molecule has 0 saturated carbocycles. The number of nitrogens with one attached hydrogen (secondary N) is 1. The second-order valence-electron chi connectivity index (χ2n) is 6.08. The van der Waals surface area contributed by atoms with Crippen molar-refractivity contribution in [2.75, 3.05) is 12.4 Å². The lowest BCUT2D eigenvalue weighted by Crippen LogP contribution is -2.13. The summed E-state index contributed by atoms with van der Waals surface area (Å²) < 4.78 is 6.82. The number of carbonyl (C=O) groups is 1. The van der Waals surface area contributed by atoms with Gasteiger partial charge in [0.2, 0.25) is 5.88 Å². The number of hydrogen-bond donors (Lipinski definition) is 1. The van der Waals surface area contributed by atoms with Gasteiger partial charge in [-0.15, -0.1) is 0 Å². The molecule has 0 radical (unpaired) electrons. The van der Waals surface area contributed by atoms with Gasteiger partial charge >= 0.3 is 0 Å². The molecule has 0 aliphatic carbocycles. The van der Waals surface area contributed by atoms with Crippen LogP contribution >= 0.6 is 0 Å². The van der Waals surface area contributed by atoms with Crippen molar-refractivity contribution in [1.82, 2.24) is 19.7 Å². The summed E-state index contributed by atoms with van der Waals surface area (Å²) in [6.45, 7) is 0. The highest BCUT2D eigenvalue weighted by atomic mass is 16.5. The Labute approximate surface area is 155 Å². The summed E-state index contributed by atoms with van der Waals surface area (Å²) in [6, 6.07) is 11.1. The number of aromatic nitrogens is 4.